The molecular weight excluding hydrogens is 560 g/mol. The molecule has 4 aromatic rings. The lowest BCUT2D eigenvalue weighted by molar-refractivity contribution is -0.169. The number of thiophene rings is 1. The maximum Gasteiger partial charge on any atom is 0.249 e. The van der Waals surface area contributed by atoms with Gasteiger partial charge in [-0.1, -0.05) is 54.1 Å². The molecule has 1 spiro atoms. The van der Waals surface area contributed by atoms with Crippen molar-refractivity contribution in [3.8, 4) is 28.0 Å². The van der Waals surface area contributed by atoms with Crippen molar-refractivity contribution >= 4 is 40.4 Å². The van der Waals surface area contributed by atoms with Crippen molar-refractivity contribution in [1.29, 1.82) is 0 Å². The summed E-state index contributed by atoms with van der Waals surface area (Å²) in [6.07, 6.45) is 1.24. The first kappa shape index (κ1) is 27.5. The number of amides is 2. The average molecular weight is 589 g/mol. The molecule has 210 valence electrons. The van der Waals surface area contributed by atoms with Crippen molar-refractivity contribution in [3.63, 3.8) is 0 Å². The number of carbonyl (C=O) groups excluding carboxylic acids is 2. The van der Waals surface area contributed by atoms with Crippen LogP contribution in [0.2, 0.25) is 5.02 Å². The third-order valence-electron chi connectivity index (χ3n) is 7.68. The van der Waals surface area contributed by atoms with Crippen molar-refractivity contribution < 1.29 is 24.2 Å². The summed E-state index contributed by atoms with van der Waals surface area (Å²) in [5, 5.41) is 17.9. The van der Waals surface area contributed by atoms with Gasteiger partial charge in [0, 0.05) is 40.2 Å². The van der Waals surface area contributed by atoms with Gasteiger partial charge in [-0.15, -0.1) is 0 Å². The van der Waals surface area contributed by atoms with Crippen molar-refractivity contribution in [2.75, 3.05) is 25.1 Å². The van der Waals surface area contributed by atoms with Crippen LogP contribution < -0.4 is 5.32 Å². The summed E-state index contributed by atoms with van der Waals surface area (Å²) in [4.78, 5) is 28.9. The quantitative estimate of drug-likeness (QED) is 0.274. The van der Waals surface area contributed by atoms with Crippen LogP contribution in [-0.2, 0) is 25.5 Å². The Hall–Kier alpha value is -3.69. The number of phenolic OH excluding ortho intramolecular Hbond substituents is 1. The third kappa shape index (κ3) is 5.61. The van der Waals surface area contributed by atoms with Crippen LogP contribution in [0.4, 0.5) is 5.69 Å². The second kappa shape index (κ2) is 11.7. The molecule has 6 rings (SSSR count). The number of rotatable bonds is 6. The Bertz CT molecular complexity index is 1550. The smallest absolute Gasteiger partial charge is 0.249 e. The van der Waals surface area contributed by atoms with Crippen LogP contribution in [0.25, 0.3) is 22.3 Å². The van der Waals surface area contributed by atoms with Crippen molar-refractivity contribution in [1.82, 2.24) is 4.90 Å². The molecule has 0 saturated carbocycles. The Morgan fingerprint density at radius 2 is 1.71 bits per heavy atom. The summed E-state index contributed by atoms with van der Waals surface area (Å²) < 4.78 is 11.7. The van der Waals surface area contributed by atoms with Gasteiger partial charge in [-0.25, -0.2) is 0 Å². The van der Waals surface area contributed by atoms with E-state index < -0.39 is 11.8 Å². The maximum atomic E-state index is 13.6. The molecule has 1 aromatic heterocycles. The van der Waals surface area contributed by atoms with E-state index in [1.165, 1.54) is 11.3 Å². The number of nitrogens with zero attached hydrogens (tertiary/aromatic N) is 1. The van der Waals surface area contributed by atoms with Crippen LogP contribution in [0.3, 0.4) is 0 Å². The summed E-state index contributed by atoms with van der Waals surface area (Å²) in [5.41, 5.74) is 4.10. The number of ether oxygens (including phenoxy) is 2. The first-order chi connectivity index (χ1) is 19.9. The number of hydrogen-bond donors (Lipinski definition) is 2. The molecular formula is C32H29ClN2O5S. The van der Waals surface area contributed by atoms with Crippen molar-refractivity contribution in [3.05, 3.63) is 94.1 Å². The van der Waals surface area contributed by atoms with E-state index in [1.54, 1.807) is 23.1 Å². The van der Waals surface area contributed by atoms with Crippen LogP contribution in [-0.4, -0.2) is 53.4 Å². The molecule has 2 amide bonds. The van der Waals surface area contributed by atoms with Gasteiger partial charge in [-0.2, -0.15) is 11.3 Å². The van der Waals surface area contributed by atoms with E-state index in [0.29, 0.717) is 42.3 Å². The highest BCUT2D eigenvalue weighted by Crippen LogP contribution is 2.41. The largest absolute Gasteiger partial charge is 0.507 e. The van der Waals surface area contributed by atoms with E-state index in [1.807, 2.05) is 65.4 Å². The minimum absolute atomic E-state index is 0.131. The fourth-order valence-electron chi connectivity index (χ4n) is 5.60. The fraction of sp³-hybridized carbons (Fsp3) is 0.250. The molecule has 3 heterocycles. The molecule has 3 aromatic carbocycles. The van der Waals surface area contributed by atoms with Gasteiger partial charge in [-0.3, -0.25) is 14.5 Å². The molecule has 0 radical (unpaired) electrons. The van der Waals surface area contributed by atoms with Gasteiger partial charge in [0.15, 0.2) is 0 Å². The predicted molar refractivity (Wildman–Crippen MR) is 160 cm³/mol. The second-order valence-electron chi connectivity index (χ2n) is 10.2. The second-order valence-corrected chi connectivity index (χ2v) is 11.4. The number of anilines is 1. The number of halogens is 1. The van der Waals surface area contributed by atoms with E-state index in [0.717, 1.165) is 22.3 Å². The highest BCUT2D eigenvalue weighted by molar-refractivity contribution is 7.08. The molecule has 0 unspecified atom stereocenters. The molecule has 2 aliphatic rings. The number of carbonyl (C=O) groups is 2. The zero-order valence-electron chi connectivity index (χ0n) is 22.2. The van der Waals surface area contributed by atoms with Gasteiger partial charge in [0.25, 0.3) is 0 Å². The predicted octanol–water partition coefficient (Wildman–Crippen LogP) is 6.36. The summed E-state index contributed by atoms with van der Waals surface area (Å²) >= 11 is 7.72. The molecule has 2 fully saturated rings. The molecule has 1 atom stereocenters. The Labute approximate surface area is 247 Å². The molecule has 2 saturated heterocycles. The zero-order chi connectivity index (χ0) is 28.4. The normalized spacial score (nSPS) is 18.0. The lowest BCUT2D eigenvalue weighted by Crippen LogP contribution is -2.57. The van der Waals surface area contributed by atoms with Gasteiger partial charge in [0.1, 0.15) is 17.5 Å². The van der Waals surface area contributed by atoms with Crippen LogP contribution in [0.15, 0.2) is 83.6 Å². The highest BCUT2D eigenvalue weighted by Gasteiger charge is 2.53. The van der Waals surface area contributed by atoms with Gasteiger partial charge in [-0.05, 0) is 52.2 Å². The van der Waals surface area contributed by atoms with Crippen LogP contribution in [0.1, 0.15) is 18.4 Å². The van der Waals surface area contributed by atoms with E-state index in [9.17, 15) is 14.7 Å². The van der Waals surface area contributed by atoms with Gasteiger partial charge in [0.05, 0.1) is 26.2 Å². The average Bonchev–Trinajstić information content (AvgIpc) is 3.61. The minimum atomic E-state index is -0.836. The first-order valence-corrected chi connectivity index (χ1v) is 14.8. The van der Waals surface area contributed by atoms with Gasteiger partial charge in [0.2, 0.25) is 11.8 Å². The lowest BCUT2D eigenvalue weighted by atomic mass is 9.98. The van der Waals surface area contributed by atoms with E-state index in [-0.39, 0.29) is 30.6 Å². The van der Waals surface area contributed by atoms with E-state index in [4.69, 9.17) is 21.1 Å². The Morgan fingerprint density at radius 3 is 2.46 bits per heavy atom. The van der Waals surface area contributed by atoms with Crippen LogP contribution in [0, 0.1) is 0 Å². The number of aromatic hydroxyl groups is 1. The van der Waals surface area contributed by atoms with Crippen molar-refractivity contribution in [2.24, 2.45) is 0 Å². The molecule has 0 bridgehead atoms. The maximum absolute atomic E-state index is 13.6. The number of phenols is 1. The molecule has 41 heavy (non-hydrogen) atoms. The first-order valence-electron chi connectivity index (χ1n) is 13.5. The number of nitrogens with one attached hydrogen (secondary N) is 1. The Morgan fingerprint density at radius 1 is 0.976 bits per heavy atom. The molecule has 2 N–H and O–H groups in total. The van der Waals surface area contributed by atoms with E-state index in [2.05, 4.69) is 5.32 Å². The number of hydrogen-bond acceptors (Lipinski definition) is 6. The summed E-state index contributed by atoms with van der Waals surface area (Å²) in [6.45, 7) is 1.08. The molecule has 2 aliphatic heterocycles. The van der Waals surface area contributed by atoms with E-state index >= 15 is 0 Å². The summed E-state index contributed by atoms with van der Waals surface area (Å²) in [6, 6.07) is 21.3. The SMILES string of the molecule is O=C(Nc1ccc(-c2cscc2-c2cc(Cl)ccc2O)cc1)[C@@H]1COC2(CCOCC2)N1C(=O)Cc1ccccc1. The third-order valence-corrected chi connectivity index (χ3v) is 8.66. The standard InChI is InChI=1S/C32H29ClN2O5S/c33-23-8-11-29(36)25(17-23)27-20-41-19-26(27)22-6-9-24(10-7-22)34-31(38)28-18-40-32(12-14-39-15-13-32)35(28)30(37)16-21-4-2-1-3-5-21/h1-11,17,19-20,28,36H,12-16,18H2,(H,34,38)/t28-/m0/s1. The Balaban J connectivity index is 1.21. The fourth-order valence-corrected chi connectivity index (χ4v) is 6.63. The topological polar surface area (TPSA) is 88.1 Å². The van der Waals surface area contributed by atoms with Crippen LogP contribution >= 0.6 is 22.9 Å². The van der Waals surface area contributed by atoms with Crippen LogP contribution in [0.5, 0.6) is 5.75 Å². The summed E-state index contributed by atoms with van der Waals surface area (Å²) in [7, 11) is 0. The minimum Gasteiger partial charge on any atom is -0.507 e. The monoisotopic (exact) mass is 588 g/mol. The molecule has 9 heteroatoms. The highest BCUT2D eigenvalue weighted by atomic mass is 35.5. The van der Waals surface area contributed by atoms with Gasteiger partial charge < -0.3 is 19.9 Å². The van der Waals surface area contributed by atoms with Crippen molar-refractivity contribution in [2.45, 2.75) is 31.0 Å². The number of benzene rings is 3. The lowest BCUT2D eigenvalue weighted by Gasteiger charge is -2.41. The zero-order valence-corrected chi connectivity index (χ0v) is 23.8. The summed E-state index contributed by atoms with van der Waals surface area (Å²) in [5.74, 6) is -0.270. The van der Waals surface area contributed by atoms with Gasteiger partial charge >= 0.3 is 0 Å². The molecule has 0 aliphatic carbocycles. The Kier molecular flexibility index (Phi) is 7.81. The molecule has 7 nitrogen and oxygen atoms in total.